The molecule has 1 aliphatic rings. The Kier molecular flexibility index (Phi) is 9.18. The Morgan fingerprint density at radius 1 is 0.973 bits per heavy atom. The third-order valence-corrected chi connectivity index (χ3v) is 6.09. The molecular formula is C30H32N2O5. The Hall–Kier alpha value is -4.26. The third kappa shape index (κ3) is 7.36. The van der Waals surface area contributed by atoms with E-state index in [1.165, 1.54) is 6.08 Å². The molecule has 0 radical (unpaired) electrons. The Morgan fingerprint density at radius 3 is 2.49 bits per heavy atom. The molecular weight excluding hydrogens is 468 g/mol. The Bertz CT molecular complexity index is 1200. The number of nitrogens with zero attached hydrogens (tertiary/aromatic N) is 1. The first-order valence-corrected chi connectivity index (χ1v) is 12.4. The van der Waals surface area contributed by atoms with Gasteiger partial charge in [0.05, 0.1) is 13.7 Å². The van der Waals surface area contributed by atoms with Gasteiger partial charge in [0.15, 0.2) is 11.5 Å². The lowest BCUT2D eigenvalue weighted by atomic mass is 10.1. The minimum absolute atomic E-state index is 0.155. The smallest absolute Gasteiger partial charge is 0.247 e. The number of benzene rings is 3. The minimum atomic E-state index is -0.475. The number of hydrogen-bond acceptors (Lipinski definition) is 5. The second-order valence-electron chi connectivity index (χ2n) is 8.66. The first-order chi connectivity index (χ1) is 18.1. The summed E-state index contributed by atoms with van der Waals surface area (Å²) in [6, 6.07) is 24.4. The molecule has 1 N–H and O–H groups in total. The highest BCUT2D eigenvalue weighted by atomic mass is 16.5. The largest absolute Gasteiger partial charge is 0.493 e. The van der Waals surface area contributed by atoms with Crippen molar-refractivity contribution < 1.29 is 23.8 Å². The maximum Gasteiger partial charge on any atom is 0.247 e. The van der Waals surface area contributed by atoms with Gasteiger partial charge in [0.1, 0.15) is 25.0 Å². The molecule has 1 saturated heterocycles. The van der Waals surface area contributed by atoms with E-state index in [0.717, 1.165) is 23.3 Å². The van der Waals surface area contributed by atoms with Crippen molar-refractivity contribution in [1.29, 1.82) is 0 Å². The molecule has 1 heterocycles. The zero-order valence-electron chi connectivity index (χ0n) is 21.0. The van der Waals surface area contributed by atoms with Crippen molar-refractivity contribution in [1.82, 2.24) is 10.2 Å². The molecule has 1 atom stereocenters. The van der Waals surface area contributed by atoms with Crippen LogP contribution >= 0.6 is 0 Å². The van der Waals surface area contributed by atoms with Crippen LogP contribution in [0.3, 0.4) is 0 Å². The molecule has 37 heavy (non-hydrogen) atoms. The van der Waals surface area contributed by atoms with Gasteiger partial charge in [0, 0.05) is 12.6 Å². The van der Waals surface area contributed by atoms with Crippen molar-refractivity contribution in [2.45, 2.75) is 25.5 Å². The second-order valence-corrected chi connectivity index (χ2v) is 8.66. The molecule has 7 heteroatoms. The number of amides is 2. The lowest BCUT2D eigenvalue weighted by molar-refractivity contribution is -0.135. The predicted octanol–water partition coefficient (Wildman–Crippen LogP) is 4.47. The van der Waals surface area contributed by atoms with E-state index in [1.807, 2.05) is 78.9 Å². The standard InChI is InChI=1S/C30H32N2O5/c1-35-28-21-23(14-16-27(28)37-22-24-9-4-2-5-10-24)15-17-29(33)32-19-8-13-26(32)30(34)31-18-20-36-25-11-6-3-7-12-25/h2-7,9-12,14-17,21,26H,8,13,18-20,22H2,1H3,(H,31,34)/b17-15+/t26-/m1/s1. The van der Waals surface area contributed by atoms with Crippen molar-refractivity contribution >= 4 is 17.9 Å². The van der Waals surface area contributed by atoms with Crippen molar-refractivity contribution in [2.75, 3.05) is 26.8 Å². The van der Waals surface area contributed by atoms with Gasteiger partial charge in [-0.3, -0.25) is 9.59 Å². The molecule has 1 fully saturated rings. The molecule has 7 nitrogen and oxygen atoms in total. The Morgan fingerprint density at radius 2 is 1.73 bits per heavy atom. The van der Waals surface area contributed by atoms with Crippen LogP contribution in [0.15, 0.2) is 84.9 Å². The lowest BCUT2D eigenvalue weighted by Crippen LogP contribution is -2.46. The minimum Gasteiger partial charge on any atom is -0.493 e. The number of methoxy groups -OCH3 is 1. The lowest BCUT2D eigenvalue weighted by Gasteiger charge is -2.22. The summed E-state index contributed by atoms with van der Waals surface area (Å²) in [5.74, 6) is 1.62. The van der Waals surface area contributed by atoms with Crippen LogP contribution in [0.25, 0.3) is 6.08 Å². The molecule has 3 aromatic rings. The van der Waals surface area contributed by atoms with Gasteiger partial charge in [-0.25, -0.2) is 0 Å². The van der Waals surface area contributed by atoms with E-state index in [0.29, 0.717) is 44.2 Å². The number of nitrogens with one attached hydrogen (secondary N) is 1. The van der Waals surface area contributed by atoms with Crippen LogP contribution < -0.4 is 19.5 Å². The summed E-state index contributed by atoms with van der Waals surface area (Å²) in [6.07, 6.45) is 4.67. The van der Waals surface area contributed by atoms with Gasteiger partial charge in [-0.15, -0.1) is 0 Å². The van der Waals surface area contributed by atoms with Crippen molar-refractivity contribution in [3.8, 4) is 17.2 Å². The van der Waals surface area contributed by atoms with Crippen molar-refractivity contribution in [3.63, 3.8) is 0 Å². The average Bonchev–Trinajstić information content (AvgIpc) is 3.44. The number of carbonyl (C=O) groups is 2. The zero-order valence-corrected chi connectivity index (χ0v) is 21.0. The summed E-state index contributed by atoms with van der Waals surface area (Å²) in [5.41, 5.74) is 1.86. The zero-order chi connectivity index (χ0) is 25.9. The van der Waals surface area contributed by atoms with Gasteiger partial charge in [-0.2, -0.15) is 0 Å². The highest BCUT2D eigenvalue weighted by Crippen LogP contribution is 2.29. The summed E-state index contributed by atoms with van der Waals surface area (Å²) in [5, 5.41) is 2.89. The van der Waals surface area contributed by atoms with Crippen LogP contribution in [-0.4, -0.2) is 49.6 Å². The summed E-state index contributed by atoms with van der Waals surface area (Å²) in [7, 11) is 1.59. The number of likely N-dealkylation sites (tertiary alicyclic amines) is 1. The monoisotopic (exact) mass is 500 g/mol. The second kappa shape index (κ2) is 13.2. The molecule has 0 aromatic heterocycles. The molecule has 3 aromatic carbocycles. The maximum absolute atomic E-state index is 12.9. The highest BCUT2D eigenvalue weighted by Gasteiger charge is 2.32. The quantitative estimate of drug-likeness (QED) is 0.311. The van der Waals surface area contributed by atoms with E-state index in [9.17, 15) is 9.59 Å². The molecule has 0 bridgehead atoms. The van der Waals surface area contributed by atoms with E-state index in [1.54, 1.807) is 18.1 Å². The van der Waals surface area contributed by atoms with Gasteiger partial charge in [-0.1, -0.05) is 54.6 Å². The van der Waals surface area contributed by atoms with Crippen LogP contribution in [0.5, 0.6) is 17.2 Å². The molecule has 0 spiro atoms. The molecule has 2 amide bonds. The summed E-state index contributed by atoms with van der Waals surface area (Å²) >= 11 is 0. The van der Waals surface area contributed by atoms with Crippen molar-refractivity contribution in [2.24, 2.45) is 0 Å². The first kappa shape index (κ1) is 25.8. The fourth-order valence-corrected chi connectivity index (χ4v) is 4.19. The van der Waals surface area contributed by atoms with Gasteiger partial charge in [0.25, 0.3) is 0 Å². The van der Waals surface area contributed by atoms with Gasteiger partial charge >= 0.3 is 0 Å². The van der Waals surface area contributed by atoms with Crippen LogP contribution in [0, 0.1) is 0 Å². The first-order valence-electron chi connectivity index (χ1n) is 12.4. The average molecular weight is 501 g/mol. The topological polar surface area (TPSA) is 77.1 Å². The highest BCUT2D eigenvalue weighted by molar-refractivity contribution is 5.96. The number of rotatable bonds is 11. The van der Waals surface area contributed by atoms with Crippen LogP contribution in [0.2, 0.25) is 0 Å². The van der Waals surface area contributed by atoms with Gasteiger partial charge in [-0.05, 0) is 54.3 Å². The molecule has 4 rings (SSSR count). The van der Waals surface area contributed by atoms with Crippen LogP contribution in [0.4, 0.5) is 0 Å². The normalized spacial score (nSPS) is 14.9. The van der Waals surface area contributed by atoms with E-state index in [-0.39, 0.29) is 11.8 Å². The Balaban J connectivity index is 1.29. The molecule has 0 unspecified atom stereocenters. The molecule has 192 valence electrons. The summed E-state index contributed by atoms with van der Waals surface area (Å²) in [4.78, 5) is 27.2. The van der Waals surface area contributed by atoms with E-state index < -0.39 is 6.04 Å². The maximum atomic E-state index is 12.9. The fourth-order valence-electron chi connectivity index (χ4n) is 4.19. The van der Waals surface area contributed by atoms with Crippen molar-refractivity contribution in [3.05, 3.63) is 96.1 Å². The van der Waals surface area contributed by atoms with E-state index >= 15 is 0 Å². The predicted molar refractivity (Wildman–Crippen MR) is 142 cm³/mol. The summed E-state index contributed by atoms with van der Waals surface area (Å²) < 4.78 is 17.0. The number of ether oxygens (including phenoxy) is 3. The molecule has 0 saturated carbocycles. The van der Waals surface area contributed by atoms with E-state index in [4.69, 9.17) is 14.2 Å². The number of hydrogen-bond donors (Lipinski definition) is 1. The van der Waals surface area contributed by atoms with Gasteiger partial charge in [0.2, 0.25) is 11.8 Å². The molecule has 1 aliphatic heterocycles. The fraction of sp³-hybridized carbons (Fsp3) is 0.267. The third-order valence-electron chi connectivity index (χ3n) is 6.09. The van der Waals surface area contributed by atoms with Crippen LogP contribution in [-0.2, 0) is 16.2 Å². The van der Waals surface area contributed by atoms with E-state index in [2.05, 4.69) is 5.32 Å². The Labute approximate surface area is 217 Å². The number of para-hydroxylation sites is 1. The molecule has 0 aliphatic carbocycles. The van der Waals surface area contributed by atoms with Crippen LogP contribution in [0.1, 0.15) is 24.0 Å². The van der Waals surface area contributed by atoms with Gasteiger partial charge < -0.3 is 24.4 Å². The summed E-state index contributed by atoms with van der Waals surface area (Å²) in [6.45, 7) is 1.73. The number of carbonyl (C=O) groups excluding carboxylic acids is 2. The SMILES string of the molecule is COc1cc(/C=C/C(=O)N2CCC[C@@H]2C(=O)NCCOc2ccccc2)ccc1OCc1ccccc1.